The number of benzene rings is 2. The van der Waals surface area contributed by atoms with Gasteiger partial charge in [0.15, 0.2) is 12.7 Å². The number of nitrogens with one attached hydrogen (secondary N) is 1. The minimum atomic E-state index is -0.960. The van der Waals surface area contributed by atoms with Crippen molar-refractivity contribution >= 4 is 17.6 Å². The van der Waals surface area contributed by atoms with Crippen LogP contribution in [0.5, 0.6) is 5.75 Å². The largest absolute Gasteiger partial charge is 0.479 e. The van der Waals surface area contributed by atoms with Crippen LogP contribution in [0.3, 0.4) is 0 Å². The number of para-hydroxylation sites is 1. The van der Waals surface area contributed by atoms with Crippen LogP contribution < -0.4 is 10.1 Å². The molecular formula is C21H23F2NO4. The number of hydrogen-bond acceptors (Lipinski definition) is 4. The third-order valence-corrected chi connectivity index (χ3v) is 3.94. The quantitative estimate of drug-likeness (QED) is 0.749. The van der Waals surface area contributed by atoms with E-state index in [-0.39, 0.29) is 5.41 Å². The predicted octanol–water partition coefficient (Wildman–Crippen LogP) is 4.21. The van der Waals surface area contributed by atoms with Crippen molar-refractivity contribution in [2.45, 2.75) is 39.2 Å². The molecule has 0 spiro atoms. The summed E-state index contributed by atoms with van der Waals surface area (Å²) in [6.45, 7) is 7.04. The first-order valence-electron chi connectivity index (χ1n) is 8.75. The van der Waals surface area contributed by atoms with Gasteiger partial charge in [0, 0.05) is 0 Å². The lowest BCUT2D eigenvalue weighted by molar-refractivity contribution is -0.153. The van der Waals surface area contributed by atoms with Gasteiger partial charge < -0.3 is 14.8 Å². The van der Waals surface area contributed by atoms with Gasteiger partial charge in [0.05, 0.1) is 0 Å². The van der Waals surface area contributed by atoms with E-state index in [0.29, 0.717) is 5.75 Å². The molecule has 0 saturated heterocycles. The molecule has 1 N–H and O–H groups in total. The summed E-state index contributed by atoms with van der Waals surface area (Å²) in [5, 5.41) is 2.04. The SMILES string of the molecule is C[C@H](Oc1ccc(C(C)(C)C)cc1)C(=O)OCC(=O)Nc1c(F)cccc1F. The van der Waals surface area contributed by atoms with Crippen molar-refractivity contribution in [3.8, 4) is 5.75 Å². The smallest absolute Gasteiger partial charge is 0.347 e. The molecule has 0 radical (unpaired) electrons. The molecule has 150 valence electrons. The zero-order valence-corrected chi connectivity index (χ0v) is 16.2. The van der Waals surface area contributed by atoms with E-state index in [0.717, 1.165) is 17.7 Å². The lowest BCUT2D eigenvalue weighted by Crippen LogP contribution is -2.30. The second-order valence-electron chi connectivity index (χ2n) is 7.29. The normalized spacial score (nSPS) is 12.2. The highest BCUT2D eigenvalue weighted by Crippen LogP contribution is 2.24. The molecule has 0 heterocycles. The van der Waals surface area contributed by atoms with E-state index >= 15 is 0 Å². The maximum absolute atomic E-state index is 13.5. The summed E-state index contributed by atoms with van der Waals surface area (Å²) in [7, 11) is 0. The molecule has 0 aliphatic carbocycles. The number of carbonyl (C=O) groups is 2. The van der Waals surface area contributed by atoms with Crippen molar-refractivity contribution in [2.24, 2.45) is 0 Å². The van der Waals surface area contributed by atoms with Gasteiger partial charge in [-0.3, -0.25) is 4.79 Å². The van der Waals surface area contributed by atoms with Gasteiger partial charge in [-0.2, -0.15) is 0 Å². The van der Waals surface area contributed by atoms with Crippen molar-refractivity contribution in [2.75, 3.05) is 11.9 Å². The maximum atomic E-state index is 13.5. The van der Waals surface area contributed by atoms with Crippen molar-refractivity contribution in [3.63, 3.8) is 0 Å². The van der Waals surface area contributed by atoms with Crippen molar-refractivity contribution in [1.82, 2.24) is 0 Å². The van der Waals surface area contributed by atoms with Gasteiger partial charge in [-0.05, 0) is 42.2 Å². The van der Waals surface area contributed by atoms with Crippen LogP contribution in [-0.2, 0) is 19.7 Å². The average Bonchev–Trinajstić information content (AvgIpc) is 2.62. The molecule has 1 amide bonds. The number of ether oxygens (including phenoxy) is 2. The Labute approximate surface area is 162 Å². The van der Waals surface area contributed by atoms with Crippen LogP contribution in [0.15, 0.2) is 42.5 Å². The fraction of sp³-hybridized carbons (Fsp3) is 0.333. The predicted molar refractivity (Wildman–Crippen MR) is 101 cm³/mol. The van der Waals surface area contributed by atoms with E-state index in [1.54, 1.807) is 12.1 Å². The molecule has 5 nitrogen and oxygen atoms in total. The number of amides is 1. The first-order chi connectivity index (χ1) is 13.1. The fourth-order valence-electron chi connectivity index (χ4n) is 2.33. The van der Waals surface area contributed by atoms with Gasteiger partial charge in [-0.25, -0.2) is 13.6 Å². The van der Waals surface area contributed by atoms with Gasteiger partial charge in [0.2, 0.25) is 0 Å². The molecule has 0 aromatic heterocycles. The first-order valence-corrected chi connectivity index (χ1v) is 8.75. The molecule has 2 rings (SSSR count). The zero-order valence-electron chi connectivity index (χ0n) is 16.2. The molecule has 0 saturated carbocycles. The minimum absolute atomic E-state index is 0.00581. The number of hydrogen-bond donors (Lipinski definition) is 1. The Morgan fingerprint density at radius 3 is 2.14 bits per heavy atom. The zero-order chi connectivity index (χ0) is 20.9. The second kappa shape index (κ2) is 8.82. The number of carbonyl (C=O) groups excluding carboxylic acids is 2. The lowest BCUT2D eigenvalue weighted by atomic mass is 9.87. The van der Waals surface area contributed by atoms with E-state index in [1.165, 1.54) is 13.0 Å². The highest BCUT2D eigenvalue weighted by Gasteiger charge is 2.20. The number of rotatable bonds is 6. The Balaban J connectivity index is 1.86. The maximum Gasteiger partial charge on any atom is 0.347 e. The van der Waals surface area contributed by atoms with E-state index in [9.17, 15) is 18.4 Å². The first kappa shape index (κ1) is 21.3. The molecule has 0 fully saturated rings. The summed E-state index contributed by atoms with van der Waals surface area (Å²) >= 11 is 0. The molecule has 1 atom stereocenters. The summed E-state index contributed by atoms with van der Waals surface area (Å²) in [5.41, 5.74) is 0.521. The summed E-state index contributed by atoms with van der Waals surface area (Å²) < 4.78 is 37.4. The van der Waals surface area contributed by atoms with E-state index in [4.69, 9.17) is 9.47 Å². The molecule has 28 heavy (non-hydrogen) atoms. The number of halogens is 2. The Bertz CT molecular complexity index is 824. The minimum Gasteiger partial charge on any atom is -0.479 e. The highest BCUT2D eigenvalue weighted by atomic mass is 19.1. The van der Waals surface area contributed by atoms with Crippen molar-refractivity contribution in [3.05, 3.63) is 59.7 Å². The monoisotopic (exact) mass is 391 g/mol. The van der Waals surface area contributed by atoms with Crippen LogP contribution in [0.1, 0.15) is 33.3 Å². The van der Waals surface area contributed by atoms with Gasteiger partial charge in [0.1, 0.15) is 23.1 Å². The van der Waals surface area contributed by atoms with Crippen LogP contribution in [-0.4, -0.2) is 24.6 Å². The van der Waals surface area contributed by atoms with Crippen LogP contribution >= 0.6 is 0 Å². The standard InChI is InChI=1S/C21H23F2NO4/c1-13(28-15-10-8-14(9-11-15)21(2,3)4)20(26)27-12-18(25)24-19-16(22)6-5-7-17(19)23/h5-11,13H,12H2,1-4H3,(H,24,25)/t13-/m0/s1. The van der Waals surface area contributed by atoms with Gasteiger partial charge in [0.25, 0.3) is 5.91 Å². The number of anilines is 1. The second-order valence-corrected chi connectivity index (χ2v) is 7.29. The molecule has 7 heteroatoms. The van der Waals surface area contributed by atoms with Crippen LogP contribution in [0.25, 0.3) is 0 Å². The summed E-state index contributed by atoms with van der Waals surface area (Å²) in [4.78, 5) is 23.8. The van der Waals surface area contributed by atoms with E-state index < -0.39 is 41.9 Å². The van der Waals surface area contributed by atoms with Crippen molar-refractivity contribution in [1.29, 1.82) is 0 Å². The Morgan fingerprint density at radius 2 is 1.61 bits per heavy atom. The summed E-state index contributed by atoms with van der Waals surface area (Å²) in [6.07, 6.45) is -0.960. The number of esters is 1. The lowest BCUT2D eigenvalue weighted by Gasteiger charge is -2.20. The molecule has 0 aliphatic heterocycles. The summed E-state index contributed by atoms with van der Waals surface area (Å²) in [5.74, 6) is -3.00. The molecular weight excluding hydrogens is 368 g/mol. The highest BCUT2D eigenvalue weighted by molar-refractivity contribution is 5.93. The third kappa shape index (κ3) is 5.77. The Kier molecular flexibility index (Phi) is 6.72. The van der Waals surface area contributed by atoms with Crippen LogP contribution in [0.4, 0.5) is 14.5 Å². The molecule has 2 aromatic rings. The van der Waals surface area contributed by atoms with E-state index in [1.807, 2.05) is 17.4 Å². The van der Waals surface area contributed by atoms with Gasteiger partial charge in [-0.15, -0.1) is 0 Å². The molecule has 0 aliphatic rings. The summed E-state index contributed by atoms with van der Waals surface area (Å²) in [6, 6.07) is 10.5. The van der Waals surface area contributed by atoms with E-state index in [2.05, 4.69) is 20.8 Å². The van der Waals surface area contributed by atoms with Crippen molar-refractivity contribution < 1.29 is 27.8 Å². The third-order valence-electron chi connectivity index (χ3n) is 3.94. The Hall–Kier alpha value is -2.96. The Morgan fingerprint density at radius 1 is 1.04 bits per heavy atom. The molecule has 0 bridgehead atoms. The fourth-order valence-corrected chi connectivity index (χ4v) is 2.33. The molecule has 2 aromatic carbocycles. The van der Waals surface area contributed by atoms with Crippen LogP contribution in [0.2, 0.25) is 0 Å². The van der Waals surface area contributed by atoms with Gasteiger partial charge >= 0.3 is 5.97 Å². The van der Waals surface area contributed by atoms with Gasteiger partial charge in [-0.1, -0.05) is 39.0 Å². The molecule has 0 unspecified atom stereocenters. The average molecular weight is 391 g/mol. The van der Waals surface area contributed by atoms with Crippen LogP contribution in [0, 0.1) is 11.6 Å². The topological polar surface area (TPSA) is 64.6 Å².